The molecule has 0 aliphatic heterocycles. The van der Waals surface area contributed by atoms with Crippen LogP contribution in [0.4, 0.5) is 11.4 Å². The van der Waals surface area contributed by atoms with Crippen molar-refractivity contribution in [1.82, 2.24) is 0 Å². The topological polar surface area (TPSA) is 71.1 Å². The molecule has 0 spiro atoms. The maximum atomic E-state index is 9.00. The summed E-state index contributed by atoms with van der Waals surface area (Å²) in [7, 11) is 0. The first-order valence-corrected chi connectivity index (χ1v) is 5.66. The number of nitrogen functional groups attached to an aromatic ring is 1. The Hall–Kier alpha value is -1.73. The number of nitrogens with one attached hydrogen (secondary N) is 1. The number of nitrogens with zero attached hydrogens (tertiary/aromatic N) is 1. The molecule has 92 valence electrons. The third-order valence-corrected chi connectivity index (χ3v) is 2.40. The van der Waals surface area contributed by atoms with Crippen LogP contribution < -0.4 is 11.1 Å². The summed E-state index contributed by atoms with van der Waals surface area (Å²) >= 11 is 0. The van der Waals surface area contributed by atoms with Gasteiger partial charge in [0.05, 0.1) is 16.9 Å². The monoisotopic (exact) mass is 233 g/mol. The molecule has 0 amide bonds. The molecule has 3 N–H and O–H groups in total. The van der Waals surface area contributed by atoms with Gasteiger partial charge in [0.15, 0.2) is 0 Å². The maximum absolute atomic E-state index is 9.00. The molecular weight excluding hydrogens is 214 g/mol. The number of nitriles is 1. The highest BCUT2D eigenvalue weighted by atomic mass is 16.5. The molecule has 1 aromatic rings. The highest BCUT2D eigenvalue weighted by Gasteiger charge is 2.17. The van der Waals surface area contributed by atoms with Crippen LogP contribution in [0.3, 0.4) is 0 Å². The van der Waals surface area contributed by atoms with Gasteiger partial charge in [0.1, 0.15) is 6.07 Å². The SMILES string of the molecule is CCOC(C)(C)CNc1ccc(N)cc1C#N. The predicted octanol–water partition coefficient (Wildman–Crippen LogP) is 2.37. The number of anilines is 2. The first-order chi connectivity index (χ1) is 7.98. The second kappa shape index (κ2) is 5.55. The van der Waals surface area contributed by atoms with E-state index in [1.807, 2.05) is 26.8 Å². The summed E-state index contributed by atoms with van der Waals surface area (Å²) in [5.74, 6) is 0. The fourth-order valence-electron chi connectivity index (χ4n) is 1.56. The molecule has 0 fully saturated rings. The Bertz CT molecular complexity index is 421. The third-order valence-electron chi connectivity index (χ3n) is 2.40. The molecule has 4 heteroatoms. The van der Waals surface area contributed by atoms with Crippen LogP contribution in [0.5, 0.6) is 0 Å². The molecule has 0 bridgehead atoms. The molecule has 0 aliphatic carbocycles. The van der Waals surface area contributed by atoms with Crippen molar-refractivity contribution in [2.24, 2.45) is 0 Å². The summed E-state index contributed by atoms with van der Waals surface area (Å²) < 4.78 is 5.58. The Morgan fingerprint density at radius 3 is 2.76 bits per heavy atom. The Kier molecular flexibility index (Phi) is 4.36. The molecule has 4 nitrogen and oxygen atoms in total. The molecule has 17 heavy (non-hydrogen) atoms. The summed E-state index contributed by atoms with van der Waals surface area (Å²) in [4.78, 5) is 0. The molecule has 0 aliphatic rings. The van der Waals surface area contributed by atoms with Crippen molar-refractivity contribution in [2.75, 3.05) is 24.2 Å². The van der Waals surface area contributed by atoms with E-state index in [-0.39, 0.29) is 5.60 Å². The number of benzene rings is 1. The number of ether oxygens (including phenoxy) is 1. The van der Waals surface area contributed by atoms with Gasteiger partial charge in [-0.25, -0.2) is 0 Å². The summed E-state index contributed by atoms with van der Waals surface area (Å²) in [5, 5.41) is 12.2. The fourth-order valence-corrected chi connectivity index (χ4v) is 1.56. The second-order valence-corrected chi connectivity index (χ2v) is 4.46. The molecule has 0 aromatic heterocycles. The molecule has 0 saturated carbocycles. The molecule has 0 atom stereocenters. The Balaban J connectivity index is 2.73. The van der Waals surface area contributed by atoms with Crippen LogP contribution in [-0.2, 0) is 4.74 Å². The van der Waals surface area contributed by atoms with Crippen LogP contribution in [0.25, 0.3) is 0 Å². The second-order valence-electron chi connectivity index (χ2n) is 4.46. The number of hydrogen-bond donors (Lipinski definition) is 2. The van der Waals surface area contributed by atoms with E-state index in [4.69, 9.17) is 15.7 Å². The highest BCUT2D eigenvalue weighted by molar-refractivity contribution is 5.63. The Morgan fingerprint density at radius 1 is 1.47 bits per heavy atom. The van der Waals surface area contributed by atoms with E-state index < -0.39 is 0 Å². The summed E-state index contributed by atoms with van der Waals surface area (Å²) in [6.45, 7) is 7.28. The summed E-state index contributed by atoms with van der Waals surface area (Å²) in [5.41, 5.74) is 7.30. The molecule has 0 saturated heterocycles. The Labute approximate surface area is 102 Å². The lowest BCUT2D eigenvalue weighted by molar-refractivity contribution is 0.000697. The van der Waals surface area contributed by atoms with Gasteiger partial charge in [-0.2, -0.15) is 5.26 Å². The van der Waals surface area contributed by atoms with Crippen molar-refractivity contribution < 1.29 is 4.74 Å². The summed E-state index contributed by atoms with van der Waals surface area (Å²) in [6, 6.07) is 7.37. The van der Waals surface area contributed by atoms with Crippen LogP contribution in [0.15, 0.2) is 18.2 Å². The first-order valence-electron chi connectivity index (χ1n) is 5.66. The van der Waals surface area contributed by atoms with Gasteiger partial charge in [-0.15, -0.1) is 0 Å². The number of nitrogens with two attached hydrogens (primary N) is 1. The van der Waals surface area contributed by atoms with Crippen molar-refractivity contribution in [3.8, 4) is 6.07 Å². The van der Waals surface area contributed by atoms with Crippen LogP contribution in [0.2, 0.25) is 0 Å². The van der Waals surface area contributed by atoms with Gasteiger partial charge < -0.3 is 15.8 Å². The van der Waals surface area contributed by atoms with E-state index in [1.54, 1.807) is 12.1 Å². The predicted molar refractivity (Wildman–Crippen MR) is 69.8 cm³/mol. The first kappa shape index (κ1) is 13.3. The van der Waals surface area contributed by atoms with E-state index in [0.717, 1.165) is 5.69 Å². The van der Waals surface area contributed by atoms with E-state index >= 15 is 0 Å². The van der Waals surface area contributed by atoms with Gasteiger partial charge >= 0.3 is 0 Å². The van der Waals surface area contributed by atoms with Crippen LogP contribution in [0, 0.1) is 11.3 Å². The van der Waals surface area contributed by atoms with Crippen molar-refractivity contribution >= 4 is 11.4 Å². The molecule has 0 radical (unpaired) electrons. The van der Waals surface area contributed by atoms with Gasteiger partial charge in [-0.1, -0.05) is 0 Å². The molecule has 1 aromatic carbocycles. The van der Waals surface area contributed by atoms with Crippen molar-refractivity contribution in [3.05, 3.63) is 23.8 Å². The van der Waals surface area contributed by atoms with E-state index in [9.17, 15) is 0 Å². The van der Waals surface area contributed by atoms with Gasteiger partial charge in [-0.05, 0) is 39.0 Å². The summed E-state index contributed by atoms with van der Waals surface area (Å²) in [6.07, 6.45) is 0. The molecule has 0 heterocycles. The van der Waals surface area contributed by atoms with E-state index in [0.29, 0.717) is 24.4 Å². The zero-order valence-electron chi connectivity index (χ0n) is 10.6. The van der Waals surface area contributed by atoms with E-state index in [2.05, 4.69) is 11.4 Å². The minimum absolute atomic E-state index is 0.261. The molecule has 1 rings (SSSR count). The third kappa shape index (κ3) is 3.97. The van der Waals surface area contributed by atoms with Crippen molar-refractivity contribution in [3.63, 3.8) is 0 Å². The average Bonchev–Trinajstić information content (AvgIpc) is 2.27. The highest BCUT2D eigenvalue weighted by Crippen LogP contribution is 2.19. The minimum Gasteiger partial charge on any atom is -0.399 e. The lowest BCUT2D eigenvalue weighted by Gasteiger charge is -2.25. The zero-order valence-corrected chi connectivity index (χ0v) is 10.6. The molecular formula is C13H19N3O. The molecule has 0 unspecified atom stereocenters. The standard InChI is InChI=1S/C13H19N3O/c1-4-17-13(2,3)9-16-12-6-5-11(15)7-10(12)8-14/h5-7,16H,4,9,15H2,1-3H3. The average molecular weight is 233 g/mol. The number of hydrogen-bond acceptors (Lipinski definition) is 4. The zero-order chi connectivity index (χ0) is 12.9. The lowest BCUT2D eigenvalue weighted by Crippen LogP contribution is -2.33. The minimum atomic E-state index is -0.261. The smallest absolute Gasteiger partial charge is 0.101 e. The Morgan fingerprint density at radius 2 is 2.18 bits per heavy atom. The van der Waals surface area contributed by atoms with Crippen LogP contribution >= 0.6 is 0 Å². The van der Waals surface area contributed by atoms with Gasteiger partial charge in [0, 0.05) is 18.8 Å². The van der Waals surface area contributed by atoms with Crippen LogP contribution in [-0.4, -0.2) is 18.8 Å². The fraction of sp³-hybridized carbons (Fsp3) is 0.462. The quantitative estimate of drug-likeness (QED) is 0.766. The van der Waals surface area contributed by atoms with Crippen LogP contribution in [0.1, 0.15) is 26.3 Å². The number of rotatable bonds is 5. The van der Waals surface area contributed by atoms with Crippen molar-refractivity contribution in [1.29, 1.82) is 5.26 Å². The van der Waals surface area contributed by atoms with Crippen molar-refractivity contribution in [2.45, 2.75) is 26.4 Å². The lowest BCUT2D eigenvalue weighted by atomic mass is 10.1. The van der Waals surface area contributed by atoms with Gasteiger partial charge in [0.2, 0.25) is 0 Å². The normalized spacial score (nSPS) is 10.9. The van der Waals surface area contributed by atoms with Gasteiger partial charge in [0.25, 0.3) is 0 Å². The van der Waals surface area contributed by atoms with Gasteiger partial charge in [-0.3, -0.25) is 0 Å². The van der Waals surface area contributed by atoms with E-state index in [1.165, 1.54) is 0 Å². The maximum Gasteiger partial charge on any atom is 0.101 e. The largest absolute Gasteiger partial charge is 0.399 e.